The number of rotatable bonds is 5. The molecule has 0 saturated carbocycles. The van der Waals surface area contributed by atoms with Gasteiger partial charge in [-0.05, 0) is 50.4 Å². The fourth-order valence-electron chi connectivity index (χ4n) is 2.27. The molecular weight excluding hydrogens is 224 g/mol. The average Bonchev–Trinajstić information content (AvgIpc) is 2.38. The molecule has 3 nitrogen and oxygen atoms in total. The quantitative estimate of drug-likeness (QED) is 0.823. The van der Waals surface area contributed by atoms with Crippen LogP contribution in [0.2, 0.25) is 0 Å². The molecule has 0 amide bonds. The number of unbranched alkanes of at least 4 members (excludes halogenated alkanes) is 1. The molecule has 96 valence electrons. The van der Waals surface area contributed by atoms with E-state index in [0.717, 1.165) is 42.8 Å². The largest absolute Gasteiger partial charge is 0.494 e. The summed E-state index contributed by atoms with van der Waals surface area (Å²) in [5.41, 5.74) is 8.88. The molecule has 3 heteroatoms. The average molecular weight is 244 g/mol. The van der Waals surface area contributed by atoms with Gasteiger partial charge in [-0.2, -0.15) is 0 Å². The van der Waals surface area contributed by atoms with Crippen LogP contribution in [-0.4, -0.2) is 18.6 Å². The van der Waals surface area contributed by atoms with Crippen molar-refractivity contribution in [2.24, 2.45) is 5.73 Å². The van der Waals surface area contributed by atoms with Crippen LogP contribution in [0.3, 0.4) is 0 Å². The topological polar surface area (TPSA) is 48.1 Å². The van der Waals surface area contributed by atoms with Gasteiger partial charge in [0.25, 0.3) is 0 Å². The van der Waals surface area contributed by atoms with Crippen molar-refractivity contribution in [1.29, 1.82) is 0 Å². The first-order valence-corrected chi connectivity index (χ1v) is 6.39. The Balaban J connectivity index is 2.45. The number of benzene rings is 1. The third-order valence-electron chi connectivity index (χ3n) is 3.14. The van der Waals surface area contributed by atoms with Crippen LogP contribution in [0.1, 0.15) is 24.1 Å². The molecule has 0 aliphatic heterocycles. The van der Waals surface area contributed by atoms with E-state index in [-0.39, 0.29) is 0 Å². The molecular formula is C15H20N2O. The smallest absolute Gasteiger partial charge is 0.145 e. The summed E-state index contributed by atoms with van der Waals surface area (Å²) in [7, 11) is 1.69. The highest BCUT2D eigenvalue weighted by atomic mass is 16.5. The van der Waals surface area contributed by atoms with E-state index in [4.69, 9.17) is 10.5 Å². The van der Waals surface area contributed by atoms with Gasteiger partial charge in [-0.15, -0.1) is 0 Å². The summed E-state index contributed by atoms with van der Waals surface area (Å²) in [6.45, 7) is 2.78. The monoisotopic (exact) mass is 244 g/mol. The van der Waals surface area contributed by atoms with Gasteiger partial charge in [-0.1, -0.05) is 12.1 Å². The van der Waals surface area contributed by atoms with Gasteiger partial charge in [0.15, 0.2) is 0 Å². The van der Waals surface area contributed by atoms with Gasteiger partial charge < -0.3 is 10.5 Å². The molecule has 0 radical (unpaired) electrons. The Labute approximate surface area is 108 Å². The minimum atomic E-state index is 0.755. The molecule has 0 fully saturated rings. The van der Waals surface area contributed by atoms with E-state index in [1.165, 1.54) is 10.9 Å². The van der Waals surface area contributed by atoms with E-state index in [0.29, 0.717) is 0 Å². The van der Waals surface area contributed by atoms with Gasteiger partial charge in [0, 0.05) is 11.1 Å². The standard InChI is InChI=1S/C15H20N2O/c1-11-10-12(6-3-4-9-16)13-7-5-8-14(18-2)15(13)17-11/h5,7-8,10H,3-4,6,9,16H2,1-2H3. The summed E-state index contributed by atoms with van der Waals surface area (Å²) in [5.74, 6) is 0.844. The summed E-state index contributed by atoms with van der Waals surface area (Å²) in [5, 5.41) is 1.19. The molecule has 1 heterocycles. The second-order valence-electron chi connectivity index (χ2n) is 4.52. The molecule has 1 aromatic carbocycles. The number of hydrogen-bond acceptors (Lipinski definition) is 3. The van der Waals surface area contributed by atoms with Crippen molar-refractivity contribution in [3.8, 4) is 5.75 Å². The number of pyridine rings is 1. The van der Waals surface area contributed by atoms with Crippen molar-refractivity contribution < 1.29 is 4.74 Å². The lowest BCUT2D eigenvalue weighted by molar-refractivity contribution is 0.419. The molecule has 0 spiro atoms. The molecule has 0 atom stereocenters. The van der Waals surface area contributed by atoms with Crippen LogP contribution < -0.4 is 10.5 Å². The number of aryl methyl sites for hydroxylation is 2. The van der Waals surface area contributed by atoms with Crippen molar-refractivity contribution in [2.75, 3.05) is 13.7 Å². The summed E-state index contributed by atoms with van der Waals surface area (Å²) >= 11 is 0. The van der Waals surface area contributed by atoms with Crippen LogP contribution in [-0.2, 0) is 6.42 Å². The Hall–Kier alpha value is -1.61. The summed E-state index contributed by atoms with van der Waals surface area (Å²) in [4.78, 5) is 4.59. The van der Waals surface area contributed by atoms with Crippen LogP contribution in [0.5, 0.6) is 5.75 Å². The fraction of sp³-hybridized carbons (Fsp3) is 0.400. The number of para-hydroxylation sites is 1. The Morgan fingerprint density at radius 1 is 1.28 bits per heavy atom. The van der Waals surface area contributed by atoms with E-state index in [2.05, 4.69) is 17.1 Å². The van der Waals surface area contributed by atoms with Crippen LogP contribution in [0.4, 0.5) is 0 Å². The van der Waals surface area contributed by atoms with E-state index in [1.807, 2.05) is 19.1 Å². The van der Waals surface area contributed by atoms with Gasteiger partial charge in [0.2, 0.25) is 0 Å². The number of aromatic nitrogens is 1. The molecule has 2 rings (SSSR count). The fourth-order valence-corrected chi connectivity index (χ4v) is 2.27. The second kappa shape index (κ2) is 5.83. The SMILES string of the molecule is COc1cccc2c(CCCCN)cc(C)nc12. The Morgan fingerprint density at radius 3 is 2.83 bits per heavy atom. The van der Waals surface area contributed by atoms with Crippen molar-refractivity contribution in [3.05, 3.63) is 35.5 Å². The highest BCUT2D eigenvalue weighted by Crippen LogP contribution is 2.27. The zero-order valence-electron chi connectivity index (χ0n) is 11.1. The molecule has 0 saturated heterocycles. The molecule has 0 bridgehead atoms. The molecule has 1 aromatic heterocycles. The number of nitrogens with zero attached hydrogens (tertiary/aromatic N) is 1. The minimum absolute atomic E-state index is 0.755. The number of fused-ring (bicyclic) bond motifs is 1. The van der Waals surface area contributed by atoms with E-state index in [9.17, 15) is 0 Å². The van der Waals surface area contributed by atoms with Crippen LogP contribution in [0.15, 0.2) is 24.3 Å². The number of methoxy groups -OCH3 is 1. The second-order valence-corrected chi connectivity index (χ2v) is 4.52. The highest BCUT2D eigenvalue weighted by Gasteiger charge is 2.08. The molecule has 0 aliphatic carbocycles. The Bertz CT molecular complexity index is 537. The van der Waals surface area contributed by atoms with Gasteiger partial charge in [0.1, 0.15) is 11.3 Å². The predicted octanol–water partition coefficient (Wildman–Crippen LogP) is 2.83. The van der Waals surface area contributed by atoms with E-state index in [1.54, 1.807) is 7.11 Å². The van der Waals surface area contributed by atoms with Gasteiger partial charge in [-0.3, -0.25) is 0 Å². The lowest BCUT2D eigenvalue weighted by Crippen LogP contribution is -2.00. The van der Waals surface area contributed by atoms with Gasteiger partial charge in [-0.25, -0.2) is 4.98 Å². The molecule has 18 heavy (non-hydrogen) atoms. The predicted molar refractivity (Wildman–Crippen MR) is 75.0 cm³/mol. The van der Waals surface area contributed by atoms with Crippen molar-refractivity contribution >= 4 is 10.9 Å². The number of hydrogen-bond donors (Lipinski definition) is 1. The van der Waals surface area contributed by atoms with Crippen molar-refractivity contribution in [1.82, 2.24) is 4.98 Å². The third-order valence-corrected chi connectivity index (χ3v) is 3.14. The van der Waals surface area contributed by atoms with Crippen LogP contribution in [0, 0.1) is 6.92 Å². The van der Waals surface area contributed by atoms with Gasteiger partial charge in [0.05, 0.1) is 7.11 Å². The minimum Gasteiger partial charge on any atom is -0.494 e. The van der Waals surface area contributed by atoms with Crippen LogP contribution >= 0.6 is 0 Å². The van der Waals surface area contributed by atoms with Gasteiger partial charge >= 0.3 is 0 Å². The Kier molecular flexibility index (Phi) is 4.15. The zero-order chi connectivity index (χ0) is 13.0. The third kappa shape index (κ3) is 2.62. The first-order chi connectivity index (χ1) is 8.76. The maximum absolute atomic E-state index is 5.55. The van der Waals surface area contributed by atoms with Crippen molar-refractivity contribution in [3.63, 3.8) is 0 Å². The maximum atomic E-state index is 5.55. The summed E-state index contributed by atoms with van der Waals surface area (Å²) in [6, 6.07) is 8.25. The molecule has 2 aromatic rings. The zero-order valence-corrected chi connectivity index (χ0v) is 11.1. The van der Waals surface area contributed by atoms with Crippen molar-refractivity contribution in [2.45, 2.75) is 26.2 Å². The normalized spacial score (nSPS) is 10.8. The maximum Gasteiger partial charge on any atom is 0.145 e. The number of nitrogens with two attached hydrogens (primary N) is 1. The van der Waals surface area contributed by atoms with E-state index >= 15 is 0 Å². The molecule has 0 aliphatic rings. The summed E-state index contributed by atoms with van der Waals surface area (Å²) in [6.07, 6.45) is 3.23. The first-order valence-electron chi connectivity index (χ1n) is 6.39. The molecule has 0 unspecified atom stereocenters. The van der Waals surface area contributed by atoms with Crippen LogP contribution in [0.25, 0.3) is 10.9 Å². The first kappa shape index (κ1) is 12.8. The lowest BCUT2D eigenvalue weighted by Gasteiger charge is -2.10. The lowest BCUT2D eigenvalue weighted by atomic mass is 10.0. The van der Waals surface area contributed by atoms with E-state index < -0.39 is 0 Å². The summed E-state index contributed by atoms with van der Waals surface area (Å²) < 4.78 is 5.38. The molecule has 2 N–H and O–H groups in total. The number of ether oxygens (including phenoxy) is 1. The highest BCUT2D eigenvalue weighted by molar-refractivity contribution is 5.87. The Morgan fingerprint density at radius 2 is 2.11 bits per heavy atom.